The van der Waals surface area contributed by atoms with Crippen LogP contribution in [-0.4, -0.2) is 0 Å². The Labute approximate surface area is 568 Å². The van der Waals surface area contributed by atoms with E-state index in [2.05, 4.69) is 388 Å². The number of hydrogen-bond donors (Lipinski definition) is 0. The maximum atomic E-state index is 2.54. The van der Waals surface area contributed by atoms with Crippen LogP contribution in [0.1, 0.15) is 22.3 Å². The number of fused-ring (bicyclic) bond motifs is 10. The molecule has 0 saturated heterocycles. The summed E-state index contributed by atoms with van der Waals surface area (Å²) in [5.41, 5.74) is 38.2. The molecule has 2 aliphatic carbocycles. The summed E-state index contributed by atoms with van der Waals surface area (Å²) in [6, 6.07) is 144. The van der Waals surface area contributed by atoms with Crippen LogP contribution < -0.4 is 0 Å². The molecule has 0 N–H and O–H groups in total. The molecule has 97 heavy (non-hydrogen) atoms. The summed E-state index contributed by atoms with van der Waals surface area (Å²) in [4.78, 5) is 0. The Bertz CT molecular complexity index is 4900. The maximum Gasteiger partial charge on any atom is 0.0726 e. The molecule has 0 bridgehead atoms. The minimum atomic E-state index is -0.723. The molecule has 0 heterocycles. The normalized spacial score (nSPS) is 12.2. The minimum absolute atomic E-state index is 0.723. The predicted molar refractivity (Wildman–Crippen MR) is 408 cm³/mol. The van der Waals surface area contributed by atoms with E-state index in [1.807, 2.05) is 0 Å². The molecule has 452 valence electrons. The molecule has 18 rings (SSSR count). The van der Waals surface area contributed by atoms with Gasteiger partial charge in [-0.05, 0) is 202 Å². The first-order valence-corrected chi connectivity index (χ1v) is 33.7. The summed E-state index contributed by atoms with van der Waals surface area (Å²) < 4.78 is 0. The summed E-state index contributed by atoms with van der Waals surface area (Å²) in [6.07, 6.45) is 0. The molecule has 0 atom stereocenters. The quantitative estimate of drug-likeness (QED) is 0.114. The van der Waals surface area contributed by atoms with E-state index < -0.39 is 5.41 Å². The van der Waals surface area contributed by atoms with Gasteiger partial charge >= 0.3 is 0 Å². The molecule has 1 spiro atoms. The highest BCUT2D eigenvalue weighted by molar-refractivity contribution is 6.00. The minimum Gasteiger partial charge on any atom is -0.0622 e. The summed E-state index contributed by atoms with van der Waals surface area (Å²) in [5, 5.41) is 0. The lowest BCUT2D eigenvalue weighted by atomic mass is 9.69. The van der Waals surface area contributed by atoms with Gasteiger partial charge in [0.2, 0.25) is 0 Å². The third-order valence-corrected chi connectivity index (χ3v) is 20.4. The molecule has 0 heteroatoms. The van der Waals surface area contributed by atoms with Crippen LogP contribution in [0, 0.1) is 0 Å². The van der Waals surface area contributed by atoms with Crippen LogP contribution in [0.5, 0.6) is 0 Å². The first-order valence-electron chi connectivity index (χ1n) is 33.7. The van der Waals surface area contributed by atoms with E-state index in [9.17, 15) is 0 Å². The van der Waals surface area contributed by atoms with Crippen molar-refractivity contribution in [2.75, 3.05) is 0 Å². The summed E-state index contributed by atoms with van der Waals surface area (Å²) in [7, 11) is 0. The Morgan fingerprint density at radius 1 is 0.103 bits per heavy atom. The van der Waals surface area contributed by atoms with Gasteiger partial charge in [-0.15, -0.1) is 0 Å². The second-order valence-corrected chi connectivity index (χ2v) is 25.7. The van der Waals surface area contributed by atoms with Crippen LogP contribution in [0.25, 0.3) is 156 Å². The van der Waals surface area contributed by atoms with Crippen molar-refractivity contribution in [3.05, 3.63) is 411 Å². The fourth-order valence-electron chi connectivity index (χ4n) is 15.7. The Kier molecular flexibility index (Phi) is 14.2. The summed E-state index contributed by atoms with van der Waals surface area (Å²) in [6.45, 7) is 0. The zero-order valence-electron chi connectivity index (χ0n) is 53.5. The molecule has 0 fully saturated rings. The second kappa shape index (κ2) is 24.1. The first-order chi connectivity index (χ1) is 48.1. The van der Waals surface area contributed by atoms with E-state index in [1.54, 1.807) is 0 Å². The van der Waals surface area contributed by atoms with Crippen LogP contribution in [0.2, 0.25) is 0 Å². The lowest BCUT2D eigenvalue weighted by Crippen LogP contribution is -2.26. The second-order valence-electron chi connectivity index (χ2n) is 25.7. The average Bonchev–Trinajstić information content (AvgIpc) is 1.51. The smallest absolute Gasteiger partial charge is 0.0622 e. The van der Waals surface area contributed by atoms with Gasteiger partial charge in [0.15, 0.2) is 0 Å². The molecule has 0 unspecified atom stereocenters. The Hall–Kier alpha value is -12.5. The molecular formula is C97H64. The monoisotopic (exact) mass is 1230 g/mol. The van der Waals surface area contributed by atoms with Gasteiger partial charge in [-0.2, -0.15) is 0 Å². The molecule has 0 amide bonds. The van der Waals surface area contributed by atoms with Crippen molar-refractivity contribution in [2.45, 2.75) is 5.41 Å². The van der Waals surface area contributed by atoms with Crippen molar-refractivity contribution in [2.24, 2.45) is 0 Å². The summed E-state index contributed by atoms with van der Waals surface area (Å²) in [5.74, 6) is 0. The van der Waals surface area contributed by atoms with Gasteiger partial charge in [0.25, 0.3) is 0 Å². The van der Waals surface area contributed by atoms with Gasteiger partial charge in [0.05, 0.1) is 5.41 Å². The van der Waals surface area contributed by atoms with Crippen molar-refractivity contribution >= 4 is 0 Å². The van der Waals surface area contributed by atoms with Crippen molar-refractivity contribution in [1.29, 1.82) is 0 Å². The molecule has 0 nitrogen and oxygen atoms in total. The average molecular weight is 1230 g/mol. The molecule has 0 radical (unpaired) electrons. The van der Waals surface area contributed by atoms with Crippen LogP contribution in [0.15, 0.2) is 388 Å². The number of rotatable bonds is 12. The maximum absolute atomic E-state index is 2.54. The third kappa shape index (κ3) is 10.0. The van der Waals surface area contributed by atoms with Crippen LogP contribution in [0.3, 0.4) is 0 Å². The van der Waals surface area contributed by atoms with E-state index in [0.29, 0.717) is 0 Å². The highest BCUT2D eigenvalue weighted by atomic mass is 14.5. The fourth-order valence-corrected chi connectivity index (χ4v) is 15.7. The van der Waals surface area contributed by atoms with Crippen molar-refractivity contribution in [3.63, 3.8) is 0 Å². The van der Waals surface area contributed by atoms with E-state index in [0.717, 1.165) is 0 Å². The van der Waals surface area contributed by atoms with Crippen LogP contribution >= 0.6 is 0 Å². The predicted octanol–water partition coefficient (Wildman–Crippen LogP) is 26.0. The number of benzene rings is 16. The lowest BCUT2D eigenvalue weighted by Gasteiger charge is -2.32. The third-order valence-electron chi connectivity index (χ3n) is 20.4. The zero-order valence-corrected chi connectivity index (χ0v) is 53.5. The first kappa shape index (κ1) is 57.2. The Morgan fingerprint density at radius 2 is 0.247 bits per heavy atom. The van der Waals surface area contributed by atoms with E-state index in [4.69, 9.17) is 0 Å². The molecule has 0 aliphatic heterocycles. The van der Waals surface area contributed by atoms with Gasteiger partial charge in [0.1, 0.15) is 0 Å². The van der Waals surface area contributed by atoms with Crippen molar-refractivity contribution in [1.82, 2.24) is 0 Å². The lowest BCUT2D eigenvalue weighted by molar-refractivity contribution is 0.795. The van der Waals surface area contributed by atoms with Gasteiger partial charge < -0.3 is 0 Å². The molecule has 16 aromatic carbocycles. The molecule has 2 aliphatic rings. The standard InChI is InChI=1S/C97H64/c1-5-21-69(22-6-1)81-29-13-17-33-85(81)73-45-37-65(38-46-73)77-53-57-89-90-58-54-78(66-39-47-74(48-40-66)86-34-18-14-30-82(86)70-23-7-2-8-24-70)62-94(90)97(93(89)61-77)95-63-79(67-41-49-75(50-42-67)87-35-19-15-31-83(87)71-25-9-3-10-26-71)55-59-91(95)92-60-56-80(64-96(92)97)68-43-51-76(52-44-68)88-36-20-16-32-84(88)72-27-11-4-12-28-72/h1-64H. The van der Waals surface area contributed by atoms with E-state index in [-0.39, 0.29) is 0 Å². The van der Waals surface area contributed by atoms with Crippen LogP contribution in [0.4, 0.5) is 0 Å². The SMILES string of the molecule is c1ccc(-c2ccccc2-c2ccc(-c3ccc4c(c3)C3(c5cc(-c6ccc(-c7ccccc7-c7ccccc7)cc6)ccc5-4)c4cc(-c5ccc(-c6ccccc6-c6ccccc6)cc5)ccc4-c4ccc(-c5ccc(-c6ccccc6-c6ccccc6)cc5)cc43)cc2)cc1. The molecule has 0 aromatic heterocycles. The molecule has 0 saturated carbocycles. The van der Waals surface area contributed by atoms with Crippen LogP contribution in [-0.2, 0) is 5.41 Å². The molecule has 16 aromatic rings. The van der Waals surface area contributed by atoms with E-state index >= 15 is 0 Å². The zero-order chi connectivity index (χ0) is 64.2. The largest absolute Gasteiger partial charge is 0.0726 e. The van der Waals surface area contributed by atoms with Gasteiger partial charge in [0, 0.05) is 0 Å². The van der Waals surface area contributed by atoms with Gasteiger partial charge in [-0.3, -0.25) is 0 Å². The fraction of sp³-hybridized carbons (Fsp3) is 0.0103. The topological polar surface area (TPSA) is 0 Å². The highest BCUT2D eigenvalue weighted by Gasteiger charge is 2.52. The highest BCUT2D eigenvalue weighted by Crippen LogP contribution is 2.64. The Morgan fingerprint density at radius 3 is 0.433 bits per heavy atom. The van der Waals surface area contributed by atoms with Crippen molar-refractivity contribution < 1.29 is 0 Å². The van der Waals surface area contributed by atoms with E-state index in [1.165, 1.54) is 178 Å². The Balaban J connectivity index is 0.819. The van der Waals surface area contributed by atoms with Crippen molar-refractivity contribution in [3.8, 4) is 156 Å². The summed E-state index contributed by atoms with van der Waals surface area (Å²) >= 11 is 0. The van der Waals surface area contributed by atoms with Gasteiger partial charge in [-0.1, -0.05) is 364 Å². The van der Waals surface area contributed by atoms with Gasteiger partial charge in [-0.25, -0.2) is 0 Å². The number of hydrogen-bond acceptors (Lipinski definition) is 0. The molecular weight excluding hydrogens is 1170 g/mol.